The van der Waals surface area contributed by atoms with Crippen molar-refractivity contribution in [3.8, 4) is 0 Å². The predicted octanol–water partition coefficient (Wildman–Crippen LogP) is 1.86. The number of hydrogen-bond acceptors (Lipinski definition) is 3. The molecule has 0 fully saturated rings. The van der Waals surface area contributed by atoms with Crippen molar-refractivity contribution in [2.45, 2.75) is 6.42 Å². The second-order valence-corrected chi connectivity index (χ2v) is 3.99. The van der Waals surface area contributed by atoms with E-state index in [0.717, 1.165) is 9.99 Å². The minimum atomic E-state index is 0.0297. The molecule has 1 heterocycles. The topological polar surface area (TPSA) is 71.8 Å². The second kappa shape index (κ2) is 4.12. The summed E-state index contributed by atoms with van der Waals surface area (Å²) in [5.41, 5.74) is 6.68. The number of carbonyl (C=O) groups excluding carboxylic acids is 1. The molecule has 0 bridgehead atoms. The molecule has 0 amide bonds. The van der Waals surface area contributed by atoms with Crippen molar-refractivity contribution in [1.29, 1.82) is 0 Å². The molecule has 2 rings (SSSR count). The van der Waals surface area contributed by atoms with E-state index >= 15 is 0 Å². The van der Waals surface area contributed by atoms with Gasteiger partial charge in [-0.25, -0.2) is 0 Å². The lowest BCUT2D eigenvalue weighted by molar-refractivity contribution is 0.0987. The Hall–Kier alpha value is -1.20. The molecule has 0 atom stereocenters. The number of ketones is 1. The van der Waals surface area contributed by atoms with Gasteiger partial charge in [0.15, 0.2) is 5.78 Å². The zero-order valence-corrected chi connectivity index (χ0v) is 9.54. The van der Waals surface area contributed by atoms with Gasteiger partial charge in [0.05, 0.1) is 0 Å². The maximum absolute atomic E-state index is 11.7. The molecule has 0 spiro atoms. The molecule has 0 aliphatic rings. The third-order valence-electron chi connectivity index (χ3n) is 2.21. The molecule has 4 nitrogen and oxygen atoms in total. The van der Waals surface area contributed by atoms with Gasteiger partial charge in [-0.05, 0) is 34.6 Å². The molecule has 0 saturated heterocycles. The van der Waals surface area contributed by atoms with Crippen molar-refractivity contribution in [2.75, 3.05) is 6.54 Å². The number of H-pyrrole nitrogens is 1. The van der Waals surface area contributed by atoms with Crippen molar-refractivity contribution in [1.82, 2.24) is 10.2 Å². The summed E-state index contributed by atoms with van der Waals surface area (Å²) in [6.07, 6.45) is 0.351. The normalized spacial score (nSPS) is 10.8. The fourth-order valence-corrected chi connectivity index (χ4v) is 1.91. The summed E-state index contributed by atoms with van der Waals surface area (Å²) in [5.74, 6) is 0.0297. The number of nitrogens with two attached hydrogens (primary N) is 1. The molecule has 15 heavy (non-hydrogen) atoms. The minimum Gasteiger partial charge on any atom is -0.330 e. The molecule has 0 radical (unpaired) electrons. The van der Waals surface area contributed by atoms with Crippen LogP contribution in [0.2, 0.25) is 0 Å². The van der Waals surface area contributed by atoms with Crippen LogP contribution in [0.5, 0.6) is 0 Å². The van der Waals surface area contributed by atoms with Gasteiger partial charge >= 0.3 is 0 Å². The van der Waals surface area contributed by atoms with Crippen molar-refractivity contribution < 1.29 is 4.79 Å². The van der Waals surface area contributed by atoms with Gasteiger partial charge in [-0.15, -0.1) is 0 Å². The van der Waals surface area contributed by atoms with Gasteiger partial charge < -0.3 is 5.73 Å². The maximum atomic E-state index is 11.7. The Morgan fingerprint density at radius 2 is 2.33 bits per heavy atom. The number of carbonyl (C=O) groups is 1. The average Bonchev–Trinajstić information content (AvgIpc) is 2.61. The number of para-hydroxylation sites is 1. The molecular formula is C10H10BrN3O. The number of aromatic nitrogens is 2. The number of fused-ring (bicyclic) bond motifs is 1. The standard InChI is InChI=1S/C10H10BrN3O/c11-10-7-3-1-2-6(8(15)4-5-12)9(7)13-14-10/h1-3H,4-5,12H2,(H,13,14). The Balaban J connectivity index is 2.56. The molecule has 0 saturated carbocycles. The number of halogens is 1. The smallest absolute Gasteiger partial charge is 0.166 e. The summed E-state index contributed by atoms with van der Waals surface area (Å²) in [7, 11) is 0. The molecule has 78 valence electrons. The number of Topliss-reactive ketones (excluding diaryl/α,β-unsaturated/α-hetero) is 1. The third-order valence-corrected chi connectivity index (χ3v) is 2.81. The van der Waals surface area contributed by atoms with Crippen LogP contribution in [0.1, 0.15) is 16.8 Å². The van der Waals surface area contributed by atoms with Crippen LogP contribution in [0.3, 0.4) is 0 Å². The van der Waals surface area contributed by atoms with Gasteiger partial charge in [0, 0.05) is 17.4 Å². The third kappa shape index (κ3) is 1.80. The fraction of sp³-hybridized carbons (Fsp3) is 0.200. The summed E-state index contributed by atoms with van der Waals surface area (Å²) < 4.78 is 0.792. The SMILES string of the molecule is NCCC(=O)c1cccc2c(Br)[nH]nc12. The van der Waals surface area contributed by atoms with Gasteiger partial charge in [-0.1, -0.05) is 6.07 Å². The minimum absolute atomic E-state index is 0.0297. The van der Waals surface area contributed by atoms with E-state index < -0.39 is 0 Å². The van der Waals surface area contributed by atoms with Crippen LogP contribution in [0.25, 0.3) is 10.9 Å². The van der Waals surface area contributed by atoms with Crippen LogP contribution >= 0.6 is 15.9 Å². The average molecular weight is 268 g/mol. The van der Waals surface area contributed by atoms with E-state index in [2.05, 4.69) is 26.1 Å². The van der Waals surface area contributed by atoms with Gasteiger partial charge in [0.1, 0.15) is 10.1 Å². The highest BCUT2D eigenvalue weighted by atomic mass is 79.9. The maximum Gasteiger partial charge on any atom is 0.166 e. The van der Waals surface area contributed by atoms with Crippen LogP contribution in [0, 0.1) is 0 Å². The summed E-state index contributed by atoms with van der Waals surface area (Å²) in [4.78, 5) is 11.7. The van der Waals surface area contributed by atoms with Crippen LogP contribution in [-0.2, 0) is 0 Å². The van der Waals surface area contributed by atoms with Gasteiger partial charge in [0.2, 0.25) is 0 Å². The Morgan fingerprint density at radius 1 is 1.53 bits per heavy atom. The highest BCUT2D eigenvalue weighted by Crippen LogP contribution is 2.24. The highest BCUT2D eigenvalue weighted by molar-refractivity contribution is 9.10. The van der Waals surface area contributed by atoms with Crippen LogP contribution in [0.4, 0.5) is 0 Å². The lowest BCUT2D eigenvalue weighted by Crippen LogP contribution is -2.08. The fourth-order valence-electron chi connectivity index (χ4n) is 1.50. The second-order valence-electron chi connectivity index (χ2n) is 3.20. The molecule has 0 unspecified atom stereocenters. The summed E-state index contributed by atoms with van der Waals surface area (Å²) >= 11 is 3.34. The molecule has 0 aliphatic heterocycles. The lowest BCUT2D eigenvalue weighted by atomic mass is 10.1. The number of nitrogens with zero attached hydrogens (tertiary/aromatic N) is 1. The first-order valence-electron chi connectivity index (χ1n) is 4.60. The number of benzene rings is 1. The lowest BCUT2D eigenvalue weighted by Gasteiger charge is -1.99. The first kappa shape index (κ1) is 10.3. The van der Waals surface area contributed by atoms with E-state index in [1.165, 1.54) is 0 Å². The predicted molar refractivity (Wildman–Crippen MR) is 61.8 cm³/mol. The number of hydrogen-bond donors (Lipinski definition) is 2. The number of nitrogens with one attached hydrogen (secondary N) is 1. The Labute approximate surface area is 95.0 Å². The number of aromatic amines is 1. The number of rotatable bonds is 3. The summed E-state index contributed by atoms with van der Waals surface area (Å²) in [5, 5.41) is 7.80. The van der Waals surface area contributed by atoms with E-state index in [1.54, 1.807) is 6.07 Å². The van der Waals surface area contributed by atoms with Gasteiger partial charge in [-0.2, -0.15) is 5.10 Å². The monoisotopic (exact) mass is 267 g/mol. The van der Waals surface area contributed by atoms with Crippen molar-refractivity contribution in [3.63, 3.8) is 0 Å². The highest BCUT2D eigenvalue weighted by Gasteiger charge is 2.12. The van der Waals surface area contributed by atoms with Crippen molar-refractivity contribution >= 4 is 32.6 Å². The Morgan fingerprint density at radius 3 is 3.07 bits per heavy atom. The van der Waals surface area contributed by atoms with Crippen LogP contribution in [-0.4, -0.2) is 22.5 Å². The van der Waals surface area contributed by atoms with Crippen molar-refractivity contribution in [3.05, 3.63) is 28.4 Å². The summed E-state index contributed by atoms with van der Waals surface area (Å²) in [6.45, 7) is 0.362. The molecular weight excluding hydrogens is 258 g/mol. The van der Waals surface area contributed by atoms with E-state index in [0.29, 0.717) is 24.0 Å². The Kier molecular flexibility index (Phi) is 2.83. The quantitative estimate of drug-likeness (QED) is 0.834. The van der Waals surface area contributed by atoms with E-state index in [9.17, 15) is 4.79 Å². The van der Waals surface area contributed by atoms with E-state index in [1.807, 2.05) is 12.1 Å². The molecule has 1 aromatic carbocycles. The van der Waals surface area contributed by atoms with Crippen LogP contribution < -0.4 is 5.73 Å². The van der Waals surface area contributed by atoms with Crippen LogP contribution in [0.15, 0.2) is 22.8 Å². The zero-order chi connectivity index (χ0) is 10.8. The molecule has 1 aromatic heterocycles. The van der Waals surface area contributed by atoms with Crippen molar-refractivity contribution in [2.24, 2.45) is 5.73 Å². The molecule has 0 aliphatic carbocycles. The van der Waals surface area contributed by atoms with Gasteiger partial charge in [0.25, 0.3) is 0 Å². The zero-order valence-electron chi connectivity index (χ0n) is 7.96. The molecule has 3 N–H and O–H groups in total. The molecule has 5 heteroatoms. The first-order chi connectivity index (χ1) is 7.24. The largest absolute Gasteiger partial charge is 0.330 e. The Bertz CT molecular complexity index is 506. The summed E-state index contributed by atoms with van der Waals surface area (Å²) in [6, 6.07) is 5.52. The van der Waals surface area contributed by atoms with E-state index in [4.69, 9.17) is 5.73 Å². The first-order valence-corrected chi connectivity index (χ1v) is 5.39. The molecule has 2 aromatic rings. The van der Waals surface area contributed by atoms with E-state index in [-0.39, 0.29) is 5.78 Å². The van der Waals surface area contributed by atoms with Gasteiger partial charge in [-0.3, -0.25) is 9.89 Å².